The van der Waals surface area contributed by atoms with E-state index < -0.39 is 67.4 Å². The van der Waals surface area contributed by atoms with Gasteiger partial charge in [0.15, 0.2) is 12.6 Å². The summed E-state index contributed by atoms with van der Waals surface area (Å²) < 4.78 is 41.9. The van der Waals surface area contributed by atoms with Gasteiger partial charge in [-0.15, -0.1) is 0 Å². The van der Waals surface area contributed by atoms with E-state index in [0.29, 0.717) is 19.3 Å². The number of hydrogen-bond acceptors (Lipinski definition) is 12. The summed E-state index contributed by atoms with van der Waals surface area (Å²) in [6.07, 6.45) is 5.23. The van der Waals surface area contributed by atoms with Crippen molar-refractivity contribution in [2.24, 2.45) is 23.7 Å². The molecule has 49 heavy (non-hydrogen) atoms. The molecule has 0 aromatic rings. The lowest BCUT2D eigenvalue weighted by Crippen LogP contribution is -2.59. The second-order valence-electron chi connectivity index (χ2n) is 14.3. The highest BCUT2D eigenvalue weighted by molar-refractivity contribution is 5.82. The minimum Gasteiger partial charge on any atom is -0.459 e. The first-order valence-electron chi connectivity index (χ1n) is 17.8. The number of ether oxygens (including phenoxy) is 7. The maximum Gasteiger partial charge on any atom is 0.330 e. The van der Waals surface area contributed by atoms with Crippen LogP contribution in [0, 0.1) is 23.7 Å². The molecule has 12 heteroatoms. The molecule has 0 aliphatic carbocycles. The van der Waals surface area contributed by atoms with E-state index in [1.54, 1.807) is 25.2 Å². The monoisotopic (exact) mass is 697 g/mol. The maximum atomic E-state index is 13.3. The van der Waals surface area contributed by atoms with Crippen molar-refractivity contribution in [3.63, 3.8) is 0 Å². The Morgan fingerprint density at radius 3 is 2.14 bits per heavy atom. The van der Waals surface area contributed by atoms with Crippen molar-refractivity contribution in [2.45, 2.75) is 134 Å². The Bertz CT molecular complexity index is 1080. The number of methoxy groups -OCH3 is 2. The van der Waals surface area contributed by atoms with Gasteiger partial charge in [-0.3, -0.25) is 0 Å². The number of aliphatic hydroxyl groups is 3. The molecule has 0 unspecified atom stereocenters. The minimum atomic E-state index is -0.887. The number of cyclic esters (lactones) is 1. The van der Waals surface area contributed by atoms with Crippen molar-refractivity contribution in [3.8, 4) is 0 Å². The number of esters is 1. The molecule has 2 saturated heterocycles. The number of carbonyl (C=O) groups excluding carboxylic acids is 1. The minimum absolute atomic E-state index is 0.0487. The number of allylic oxidation sites excluding steroid dienone is 2. The lowest BCUT2D eigenvalue weighted by molar-refractivity contribution is -0.304. The third kappa shape index (κ3) is 11.4. The van der Waals surface area contributed by atoms with Crippen molar-refractivity contribution in [3.05, 3.63) is 36.5 Å². The van der Waals surface area contributed by atoms with Crippen LogP contribution in [0.25, 0.3) is 0 Å². The molecule has 2 fully saturated rings. The molecule has 0 amide bonds. The molecular formula is C37H63NO11. The summed E-state index contributed by atoms with van der Waals surface area (Å²) in [5.74, 6) is -1.27. The van der Waals surface area contributed by atoms with E-state index in [1.807, 2.05) is 58.8 Å². The van der Waals surface area contributed by atoms with Gasteiger partial charge in [0, 0.05) is 38.2 Å². The van der Waals surface area contributed by atoms with Crippen molar-refractivity contribution in [1.29, 1.82) is 0 Å². The summed E-state index contributed by atoms with van der Waals surface area (Å²) in [5, 5.41) is 32.8. The Hall–Kier alpha value is -1.71. The molecule has 0 aromatic carbocycles. The van der Waals surface area contributed by atoms with Crippen LogP contribution in [-0.2, 0) is 38.0 Å². The van der Waals surface area contributed by atoms with Crippen LogP contribution >= 0.6 is 0 Å². The van der Waals surface area contributed by atoms with Gasteiger partial charge in [0.05, 0.1) is 31.0 Å². The topological polar surface area (TPSA) is 146 Å². The molecule has 282 valence electrons. The van der Waals surface area contributed by atoms with Crippen LogP contribution in [0.15, 0.2) is 36.5 Å². The Labute approximate surface area is 293 Å². The maximum absolute atomic E-state index is 13.3. The van der Waals surface area contributed by atoms with Gasteiger partial charge in [0.25, 0.3) is 0 Å². The number of aliphatic hydroxyl groups excluding tert-OH is 3. The van der Waals surface area contributed by atoms with E-state index in [9.17, 15) is 20.1 Å². The zero-order valence-corrected chi connectivity index (χ0v) is 31.1. The van der Waals surface area contributed by atoms with Crippen molar-refractivity contribution >= 4 is 5.97 Å². The molecule has 3 aliphatic rings. The molecule has 0 aromatic heterocycles. The van der Waals surface area contributed by atoms with Gasteiger partial charge >= 0.3 is 5.97 Å². The Kier molecular flexibility index (Phi) is 16.8. The zero-order valence-electron chi connectivity index (χ0n) is 31.1. The molecule has 12 nitrogen and oxygen atoms in total. The van der Waals surface area contributed by atoms with Crippen LogP contribution in [0.2, 0.25) is 0 Å². The Balaban J connectivity index is 1.85. The van der Waals surface area contributed by atoms with Gasteiger partial charge in [-0.05, 0) is 59.0 Å². The number of carbonyl (C=O) groups is 1. The smallest absolute Gasteiger partial charge is 0.330 e. The van der Waals surface area contributed by atoms with Gasteiger partial charge in [0.2, 0.25) is 0 Å². The quantitative estimate of drug-likeness (QED) is 0.304. The molecular weight excluding hydrogens is 634 g/mol. The fraction of sp³-hybridized carbons (Fsp3) is 0.811. The van der Waals surface area contributed by atoms with E-state index in [4.69, 9.17) is 33.2 Å². The van der Waals surface area contributed by atoms with Gasteiger partial charge in [0.1, 0.15) is 30.5 Å². The third-order valence-electron chi connectivity index (χ3n) is 10.2. The van der Waals surface area contributed by atoms with E-state index in [0.717, 1.165) is 0 Å². The fourth-order valence-electron chi connectivity index (χ4n) is 7.15. The molecule has 0 radical (unpaired) electrons. The predicted molar refractivity (Wildman–Crippen MR) is 184 cm³/mol. The summed E-state index contributed by atoms with van der Waals surface area (Å²) in [6.45, 7) is 11.8. The van der Waals surface area contributed by atoms with Crippen LogP contribution in [0.3, 0.4) is 0 Å². The Morgan fingerprint density at radius 2 is 1.51 bits per heavy atom. The standard InChI is InChI=1S/C37H63NO11/c1-11-29-26(20-45-37-35(44-10)34(43-9)31(41)25(6)47-37)14-12-13-15-28(39)22(3)18-23(4)33(21(2)16-17-30(40)48-29)49-36-32(42)27(38(7)8)19-24(5)46-36/h12-17,21-29,31-37,39,41-42H,11,18-20H2,1-10H3/b14-12-,15-13+,17-16+/t21-,22-,23+,24-,25+,26-,27+,28-,29+,31+,32+,33+,34-,35+,36+,37-/m0/s1. The highest BCUT2D eigenvalue weighted by Crippen LogP contribution is 2.32. The highest BCUT2D eigenvalue weighted by Gasteiger charge is 2.45. The summed E-state index contributed by atoms with van der Waals surface area (Å²) in [5.41, 5.74) is 0. The highest BCUT2D eigenvalue weighted by atomic mass is 16.7. The Morgan fingerprint density at radius 1 is 0.837 bits per heavy atom. The summed E-state index contributed by atoms with van der Waals surface area (Å²) in [6, 6.07) is -0.126. The number of hydrogen-bond donors (Lipinski definition) is 3. The molecule has 0 spiro atoms. The molecule has 3 heterocycles. The van der Waals surface area contributed by atoms with Crippen LogP contribution in [0.5, 0.6) is 0 Å². The van der Waals surface area contributed by atoms with E-state index in [2.05, 4.69) is 6.92 Å². The van der Waals surface area contributed by atoms with Crippen LogP contribution < -0.4 is 0 Å². The first-order valence-corrected chi connectivity index (χ1v) is 17.8. The third-order valence-corrected chi connectivity index (χ3v) is 10.2. The molecule has 0 saturated carbocycles. The largest absolute Gasteiger partial charge is 0.459 e. The second-order valence-corrected chi connectivity index (χ2v) is 14.3. The zero-order chi connectivity index (χ0) is 36.4. The number of nitrogens with zero attached hydrogens (tertiary/aromatic N) is 1. The molecule has 16 atom stereocenters. The first kappa shape index (κ1) is 41.7. The van der Waals surface area contributed by atoms with Crippen LogP contribution in [-0.4, -0.2) is 135 Å². The predicted octanol–water partition coefficient (Wildman–Crippen LogP) is 3.23. The second kappa shape index (κ2) is 19.8. The lowest BCUT2D eigenvalue weighted by Gasteiger charge is -2.43. The van der Waals surface area contributed by atoms with E-state index in [-0.39, 0.29) is 42.4 Å². The average molecular weight is 698 g/mol. The average Bonchev–Trinajstić information content (AvgIpc) is 3.06. The molecule has 0 bridgehead atoms. The first-order chi connectivity index (χ1) is 23.2. The molecule has 3 aliphatic heterocycles. The SMILES string of the molecule is CC[C@H]1OC(=O)/C=C/[C@H](C)[C@@H](O[C@H]2O[C@@H](C)C[C@@H](N(C)C)[C@H]2O)[C@H](C)C[C@H](C)[C@@H](O)/C=C/C=C\[C@H]1CO[C@H]1O[C@H](C)[C@@H](O)[C@H](OC)[C@H]1OC. The van der Waals surface area contributed by atoms with Crippen LogP contribution in [0.4, 0.5) is 0 Å². The van der Waals surface area contributed by atoms with Gasteiger partial charge < -0.3 is 53.4 Å². The van der Waals surface area contributed by atoms with E-state index >= 15 is 0 Å². The van der Waals surface area contributed by atoms with E-state index in [1.165, 1.54) is 20.3 Å². The van der Waals surface area contributed by atoms with Gasteiger partial charge in [-0.25, -0.2) is 4.79 Å². The molecule has 3 rings (SSSR count). The normalized spacial score (nSPS) is 45.1. The number of rotatable bonds is 9. The van der Waals surface area contributed by atoms with Crippen molar-refractivity contribution in [2.75, 3.05) is 34.9 Å². The summed E-state index contributed by atoms with van der Waals surface area (Å²) in [7, 11) is 6.88. The fourth-order valence-corrected chi connectivity index (χ4v) is 7.15. The number of likely N-dealkylation sites (N-methyl/N-ethyl adjacent to an activating group) is 1. The summed E-state index contributed by atoms with van der Waals surface area (Å²) in [4.78, 5) is 15.3. The molecule has 3 N–H and O–H groups in total. The summed E-state index contributed by atoms with van der Waals surface area (Å²) >= 11 is 0. The lowest BCUT2D eigenvalue weighted by atomic mass is 9.84. The van der Waals surface area contributed by atoms with Crippen LogP contribution in [0.1, 0.15) is 60.8 Å². The van der Waals surface area contributed by atoms with Crippen molar-refractivity contribution in [1.82, 2.24) is 4.90 Å². The van der Waals surface area contributed by atoms with Crippen molar-refractivity contribution < 1.29 is 53.3 Å². The van der Waals surface area contributed by atoms with Gasteiger partial charge in [-0.1, -0.05) is 58.1 Å². The van der Waals surface area contributed by atoms with Gasteiger partial charge in [-0.2, -0.15) is 0 Å².